The molecule has 1 atom stereocenters. The zero-order valence-electron chi connectivity index (χ0n) is 6.37. The summed E-state index contributed by atoms with van der Waals surface area (Å²) in [6, 6.07) is 9.26. The summed E-state index contributed by atoms with van der Waals surface area (Å²) in [5, 5.41) is 17.8. The molecule has 12 heavy (non-hydrogen) atoms. The van der Waals surface area contributed by atoms with Crippen molar-refractivity contribution in [1.82, 2.24) is 0 Å². The molecule has 0 aliphatic heterocycles. The van der Waals surface area contributed by atoms with Crippen LogP contribution in [0.2, 0.25) is 0 Å². The van der Waals surface area contributed by atoms with E-state index in [0.717, 1.165) is 10.0 Å². The summed E-state index contributed by atoms with van der Waals surface area (Å²) >= 11 is 3.30. The highest BCUT2D eigenvalue weighted by Crippen LogP contribution is 2.24. The summed E-state index contributed by atoms with van der Waals surface area (Å²) in [6.07, 6.45) is -0.562. The van der Waals surface area contributed by atoms with Crippen LogP contribution >= 0.6 is 15.9 Å². The van der Waals surface area contributed by atoms with Crippen molar-refractivity contribution in [3.63, 3.8) is 0 Å². The van der Waals surface area contributed by atoms with E-state index >= 15 is 0 Å². The second kappa shape index (κ2) is 4.24. The molecule has 0 bridgehead atoms. The fourth-order valence-electron chi connectivity index (χ4n) is 0.942. The molecule has 1 N–H and O–H groups in total. The molecule has 0 fully saturated rings. The van der Waals surface area contributed by atoms with E-state index in [1.165, 1.54) is 0 Å². The molecule has 3 heteroatoms. The molecule has 1 aromatic rings. The normalized spacial score (nSPS) is 12.1. The lowest BCUT2D eigenvalue weighted by Crippen LogP contribution is -1.96. The molecular formula is C9H8BrNO. The summed E-state index contributed by atoms with van der Waals surface area (Å²) < 4.78 is 0.841. The van der Waals surface area contributed by atoms with Crippen molar-refractivity contribution < 1.29 is 5.11 Å². The maximum atomic E-state index is 9.45. The lowest BCUT2D eigenvalue weighted by atomic mass is 10.1. The van der Waals surface area contributed by atoms with Gasteiger partial charge in [0.1, 0.15) is 0 Å². The molecule has 0 spiro atoms. The molecule has 1 unspecified atom stereocenters. The highest BCUT2D eigenvalue weighted by Gasteiger charge is 2.08. The van der Waals surface area contributed by atoms with Gasteiger partial charge in [-0.25, -0.2) is 0 Å². The minimum absolute atomic E-state index is 0.128. The van der Waals surface area contributed by atoms with Crippen molar-refractivity contribution in [3.05, 3.63) is 34.3 Å². The molecule has 0 saturated carbocycles. The van der Waals surface area contributed by atoms with Crippen molar-refractivity contribution in [2.75, 3.05) is 0 Å². The number of hydrogen-bond acceptors (Lipinski definition) is 2. The number of nitrogens with zero attached hydrogens (tertiary/aromatic N) is 1. The molecular weight excluding hydrogens is 218 g/mol. The van der Waals surface area contributed by atoms with Crippen LogP contribution in [0.15, 0.2) is 28.7 Å². The topological polar surface area (TPSA) is 44.0 Å². The van der Waals surface area contributed by atoms with E-state index in [4.69, 9.17) is 5.26 Å². The zero-order chi connectivity index (χ0) is 8.97. The van der Waals surface area contributed by atoms with E-state index in [2.05, 4.69) is 15.9 Å². The van der Waals surface area contributed by atoms with Gasteiger partial charge in [-0.3, -0.25) is 0 Å². The van der Waals surface area contributed by atoms with E-state index in [9.17, 15) is 5.11 Å². The summed E-state index contributed by atoms with van der Waals surface area (Å²) in [7, 11) is 0. The number of aliphatic hydroxyl groups is 1. The average Bonchev–Trinajstić information content (AvgIpc) is 2.05. The molecule has 0 saturated heterocycles. The molecule has 0 aliphatic rings. The predicted molar refractivity (Wildman–Crippen MR) is 49.3 cm³/mol. The third-order valence-electron chi connectivity index (χ3n) is 1.55. The molecule has 62 valence electrons. The molecule has 1 rings (SSSR count). The van der Waals surface area contributed by atoms with E-state index < -0.39 is 6.10 Å². The summed E-state index contributed by atoms with van der Waals surface area (Å²) in [4.78, 5) is 0. The smallest absolute Gasteiger partial charge is 0.0930 e. The van der Waals surface area contributed by atoms with Crippen LogP contribution in [-0.2, 0) is 0 Å². The van der Waals surface area contributed by atoms with Gasteiger partial charge in [0.15, 0.2) is 0 Å². The number of halogens is 1. The van der Waals surface area contributed by atoms with Crippen LogP contribution < -0.4 is 0 Å². The van der Waals surface area contributed by atoms with Crippen LogP contribution in [0.5, 0.6) is 0 Å². The standard InChI is InChI=1S/C9H8BrNO/c10-8-4-2-1-3-7(8)9(12)5-6-11/h1-4,9,12H,5H2. The van der Waals surface area contributed by atoms with Crippen LogP contribution in [0.1, 0.15) is 18.1 Å². The summed E-state index contributed by atoms with van der Waals surface area (Å²) in [6.45, 7) is 0. The zero-order valence-corrected chi connectivity index (χ0v) is 7.95. The van der Waals surface area contributed by atoms with E-state index in [-0.39, 0.29) is 6.42 Å². The molecule has 0 radical (unpaired) electrons. The average molecular weight is 226 g/mol. The Morgan fingerprint density at radius 3 is 2.75 bits per heavy atom. The first-order valence-electron chi connectivity index (χ1n) is 3.55. The molecule has 0 heterocycles. The van der Waals surface area contributed by atoms with E-state index in [1.807, 2.05) is 24.3 Å². The van der Waals surface area contributed by atoms with Gasteiger partial charge >= 0.3 is 0 Å². The lowest BCUT2D eigenvalue weighted by molar-refractivity contribution is 0.182. The van der Waals surface area contributed by atoms with Gasteiger partial charge < -0.3 is 5.11 Å². The Morgan fingerprint density at radius 2 is 2.17 bits per heavy atom. The Morgan fingerprint density at radius 1 is 1.50 bits per heavy atom. The van der Waals surface area contributed by atoms with Gasteiger partial charge in [-0.05, 0) is 11.6 Å². The van der Waals surface area contributed by atoms with Crippen molar-refractivity contribution >= 4 is 15.9 Å². The number of aliphatic hydroxyl groups excluding tert-OH is 1. The fraction of sp³-hybridized carbons (Fsp3) is 0.222. The minimum atomic E-state index is -0.689. The first-order valence-corrected chi connectivity index (χ1v) is 4.34. The number of hydrogen-bond donors (Lipinski definition) is 1. The first kappa shape index (κ1) is 9.24. The Bertz CT molecular complexity index is 306. The first-order chi connectivity index (χ1) is 5.75. The number of nitriles is 1. The van der Waals surface area contributed by atoms with Gasteiger partial charge in [-0.1, -0.05) is 34.1 Å². The molecule has 0 aliphatic carbocycles. The monoisotopic (exact) mass is 225 g/mol. The van der Waals surface area contributed by atoms with Crippen LogP contribution in [0.25, 0.3) is 0 Å². The van der Waals surface area contributed by atoms with E-state index in [0.29, 0.717) is 0 Å². The van der Waals surface area contributed by atoms with Gasteiger partial charge in [0.25, 0.3) is 0 Å². The Balaban J connectivity index is 2.88. The second-order valence-electron chi connectivity index (χ2n) is 2.40. The molecule has 2 nitrogen and oxygen atoms in total. The van der Waals surface area contributed by atoms with Crippen molar-refractivity contribution in [3.8, 4) is 6.07 Å². The Hall–Kier alpha value is -0.850. The van der Waals surface area contributed by atoms with Gasteiger partial charge in [-0.2, -0.15) is 5.26 Å². The Labute approximate surface area is 79.6 Å². The van der Waals surface area contributed by atoms with Crippen molar-refractivity contribution in [1.29, 1.82) is 5.26 Å². The maximum Gasteiger partial charge on any atom is 0.0930 e. The highest BCUT2D eigenvalue weighted by atomic mass is 79.9. The van der Waals surface area contributed by atoms with Crippen molar-refractivity contribution in [2.45, 2.75) is 12.5 Å². The largest absolute Gasteiger partial charge is 0.387 e. The maximum absolute atomic E-state index is 9.45. The second-order valence-corrected chi connectivity index (χ2v) is 3.25. The SMILES string of the molecule is N#CCC(O)c1ccccc1Br. The van der Waals surface area contributed by atoms with E-state index in [1.54, 1.807) is 6.07 Å². The van der Waals surface area contributed by atoms with Crippen molar-refractivity contribution in [2.24, 2.45) is 0 Å². The van der Waals surface area contributed by atoms with Crippen LogP contribution in [-0.4, -0.2) is 5.11 Å². The fourth-order valence-corrected chi connectivity index (χ4v) is 1.49. The van der Waals surface area contributed by atoms with Gasteiger partial charge in [-0.15, -0.1) is 0 Å². The quantitative estimate of drug-likeness (QED) is 0.841. The number of rotatable bonds is 2. The molecule has 0 aromatic heterocycles. The van der Waals surface area contributed by atoms with Crippen LogP contribution in [0.4, 0.5) is 0 Å². The highest BCUT2D eigenvalue weighted by molar-refractivity contribution is 9.10. The van der Waals surface area contributed by atoms with Crippen LogP contribution in [0, 0.1) is 11.3 Å². The van der Waals surface area contributed by atoms with Gasteiger partial charge in [0.2, 0.25) is 0 Å². The molecule has 0 amide bonds. The minimum Gasteiger partial charge on any atom is -0.387 e. The lowest BCUT2D eigenvalue weighted by Gasteiger charge is -2.07. The third kappa shape index (κ3) is 2.07. The van der Waals surface area contributed by atoms with Gasteiger partial charge in [0.05, 0.1) is 18.6 Å². The third-order valence-corrected chi connectivity index (χ3v) is 2.27. The summed E-state index contributed by atoms with van der Waals surface area (Å²) in [5.74, 6) is 0. The predicted octanol–water partition coefficient (Wildman–Crippen LogP) is 2.40. The molecule has 1 aromatic carbocycles. The summed E-state index contributed by atoms with van der Waals surface area (Å²) in [5.41, 5.74) is 0.763. The van der Waals surface area contributed by atoms with Gasteiger partial charge in [0, 0.05) is 4.47 Å². The Kier molecular flexibility index (Phi) is 3.27. The number of benzene rings is 1. The van der Waals surface area contributed by atoms with Crippen LogP contribution in [0.3, 0.4) is 0 Å².